The summed E-state index contributed by atoms with van der Waals surface area (Å²) >= 11 is 0. The highest BCUT2D eigenvalue weighted by Crippen LogP contribution is 2.26. The molecule has 34 heavy (non-hydrogen) atoms. The molecule has 2 aromatic rings. The van der Waals surface area contributed by atoms with Gasteiger partial charge >= 0.3 is 12.7 Å². The lowest BCUT2D eigenvalue weighted by molar-refractivity contribution is -0.275. The number of alkyl halides is 6. The molecule has 0 saturated carbocycles. The maximum Gasteiger partial charge on any atom is 0.573 e. The highest BCUT2D eigenvalue weighted by Gasteiger charge is 2.31. The van der Waals surface area contributed by atoms with Crippen molar-refractivity contribution in [3.05, 3.63) is 48.5 Å². The number of unbranched alkanes of at least 4 members (excludes halogenated alkanes) is 1. The first kappa shape index (κ1) is 27.4. The molecule has 2 atom stereocenters. The smallest absolute Gasteiger partial charge is 0.491 e. The highest BCUT2D eigenvalue weighted by molar-refractivity contribution is 5.32. The maximum absolute atomic E-state index is 12.1. The Morgan fingerprint density at radius 1 is 0.559 bits per heavy atom. The van der Waals surface area contributed by atoms with Crippen LogP contribution in [0.1, 0.15) is 25.7 Å². The summed E-state index contributed by atoms with van der Waals surface area (Å²) in [5.41, 5.74) is 0. The van der Waals surface area contributed by atoms with E-state index in [0.29, 0.717) is 25.7 Å². The van der Waals surface area contributed by atoms with Crippen molar-refractivity contribution >= 4 is 0 Å². The standard InChI is InChI=1S/C22H24F6O6/c23-21(24,25)33-19-9-5-17(6-10-19)31-13-15(29)3-1-2-4-16(30)14-32-18-7-11-20(12-8-18)34-22(26,27)28/h5-12,15-16,29-30H,1-4,13-14H2. The number of aliphatic hydroxyl groups is 2. The van der Waals surface area contributed by atoms with E-state index in [2.05, 4.69) is 9.47 Å². The van der Waals surface area contributed by atoms with Gasteiger partial charge in [0, 0.05) is 0 Å². The first-order valence-corrected chi connectivity index (χ1v) is 10.2. The minimum absolute atomic E-state index is 0.0564. The van der Waals surface area contributed by atoms with Crippen LogP contribution in [0.4, 0.5) is 26.3 Å². The predicted octanol–water partition coefficient (Wildman–Crippen LogP) is 5.22. The first-order chi connectivity index (χ1) is 15.9. The van der Waals surface area contributed by atoms with Gasteiger partial charge in [0.2, 0.25) is 0 Å². The van der Waals surface area contributed by atoms with Gasteiger partial charge in [0.15, 0.2) is 0 Å². The molecule has 0 heterocycles. The molecule has 0 saturated heterocycles. The third kappa shape index (κ3) is 11.8. The van der Waals surface area contributed by atoms with Crippen molar-refractivity contribution < 1.29 is 55.5 Å². The molecule has 0 spiro atoms. The van der Waals surface area contributed by atoms with E-state index in [1.165, 1.54) is 24.3 Å². The van der Waals surface area contributed by atoms with E-state index in [4.69, 9.17) is 9.47 Å². The lowest BCUT2D eigenvalue weighted by atomic mass is 10.1. The summed E-state index contributed by atoms with van der Waals surface area (Å²) in [6.45, 7) is -0.113. The summed E-state index contributed by atoms with van der Waals surface area (Å²) in [7, 11) is 0. The van der Waals surface area contributed by atoms with E-state index >= 15 is 0 Å². The molecule has 0 aliphatic carbocycles. The molecular formula is C22H24F6O6. The summed E-state index contributed by atoms with van der Waals surface area (Å²) in [5, 5.41) is 19.9. The summed E-state index contributed by atoms with van der Waals surface area (Å²) in [6, 6.07) is 9.57. The number of ether oxygens (including phenoxy) is 4. The zero-order valence-corrected chi connectivity index (χ0v) is 17.8. The Labute approximate surface area is 191 Å². The normalized spacial score (nSPS) is 13.8. The van der Waals surface area contributed by atoms with Crippen LogP contribution in [-0.4, -0.2) is 48.4 Å². The molecule has 0 fully saturated rings. The summed E-state index contributed by atoms with van der Waals surface area (Å²) in [5.74, 6) is -0.205. The van der Waals surface area contributed by atoms with E-state index in [-0.39, 0.29) is 36.2 Å². The van der Waals surface area contributed by atoms with E-state index in [9.17, 15) is 36.6 Å². The van der Waals surface area contributed by atoms with E-state index in [0.717, 1.165) is 24.3 Å². The Hall–Kier alpha value is -2.86. The summed E-state index contributed by atoms with van der Waals surface area (Å²) in [4.78, 5) is 0. The molecule has 0 radical (unpaired) electrons. The van der Waals surface area contributed by atoms with Gasteiger partial charge in [-0.2, -0.15) is 0 Å². The van der Waals surface area contributed by atoms with Crippen molar-refractivity contribution in [1.82, 2.24) is 0 Å². The molecule has 2 N–H and O–H groups in total. The molecule has 12 heteroatoms. The third-order valence-electron chi connectivity index (χ3n) is 4.32. The van der Waals surface area contributed by atoms with Crippen LogP contribution >= 0.6 is 0 Å². The van der Waals surface area contributed by atoms with Crippen molar-refractivity contribution in [2.45, 2.75) is 50.6 Å². The Morgan fingerprint density at radius 2 is 0.853 bits per heavy atom. The highest BCUT2D eigenvalue weighted by atomic mass is 19.4. The van der Waals surface area contributed by atoms with Crippen molar-refractivity contribution in [2.24, 2.45) is 0 Å². The quantitative estimate of drug-likeness (QED) is 0.291. The molecule has 2 rings (SSSR count). The van der Waals surface area contributed by atoms with Crippen LogP contribution in [0.3, 0.4) is 0 Å². The fourth-order valence-electron chi connectivity index (χ4n) is 2.79. The third-order valence-corrected chi connectivity index (χ3v) is 4.32. The molecule has 0 bridgehead atoms. The van der Waals surface area contributed by atoms with Crippen molar-refractivity contribution in [3.8, 4) is 23.0 Å². The van der Waals surface area contributed by atoms with Crippen LogP contribution < -0.4 is 18.9 Å². The van der Waals surface area contributed by atoms with Crippen LogP contribution in [0.2, 0.25) is 0 Å². The largest absolute Gasteiger partial charge is 0.573 e. The first-order valence-electron chi connectivity index (χ1n) is 10.2. The minimum atomic E-state index is -4.78. The second-order valence-corrected chi connectivity index (χ2v) is 7.25. The van der Waals surface area contributed by atoms with E-state index < -0.39 is 24.9 Å². The zero-order chi connectivity index (χ0) is 25.2. The van der Waals surface area contributed by atoms with Gasteiger partial charge in [0.1, 0.15) is 36.2 Å². The monoisotopic (exact) mass is 498 g/mol. The number of benzene rings is 2. The molecular weight excluding hydrogens is 474 g/mol. The lowest BCUT2D eigenvalue weighted by Gasteiger charge is -2.15. The van der Waals surface area contributed by atoms with Gasteiger partial charge in [-0.05, 0) is 61.4 Å². The van der Waals surface area contributed by atoms with Crippen molar-refractivity contribution in [1.29, 1.82) is 0 Å². The summed E-state index contributed by atoms with van der Waals surface area (Å²) < 4.78 is 90.9. The molecule has 0 aliphatic rings. The van der Waals surface area contributed by atoms with Crippen LogP contribution in [0, 0.1) is 0 Å². The summed E-state index contributed by atoms with van der Waals surface area (Å²) in [6.07, 6.45) is -9.27. The molecule has 0 aliphatic heterocycles. The topological polar surface area (TPSA) is 77.4 Å². The fraction of sp³-hybridized carbons (Fsp3) is 0.455. The van der Waals surface area contributed by atoms with Gasteiger partial charge in [-0.15, -0.1) is 26.3 Å². The number of halogens is 6. The number of hydrogen-bond donors (Lipinski definition) is 2. The minimum Gasteiger partial charge on any atom is -0.491 e. The Balaban J connectivity index is 1.57. The van der Waals surface area contributed by atoms with Gasteiger partial charge in [-0.3, -0.25) is 0 Å². The van der Waals surface area contributed by atoms with E-state index in [1.807, 2.05) is 0 Å². The van der Waals surface area contributed by atoms with Crippen molar-refractivity contribution in [3.63, 3.8) is 0 Å². The molecule has 6 nitrogen and oxygen atoms in total. The molecule has 0 amide bonds. The second-order valence-electron chi connectivity index (χ2n) is 7.25. The van der Waals surface area contributed by atoms with Gasteiger partial charge in [-0.25, -0.2) is 0 Å². The van der Waals surface area contributed by atoms with Crippen molar-refractivity contribution in [2.75, 3.05) is 13.2 Å². The zero-order valence-electron chi connectivity index (χ0n) is 17.8. The Morgan fingerprint density at radius 3 is 1.15 bits per heavy atom. The fourth-order valence-corrected chi connectivity index (χ4v) is 2.79. The molecule has 2 aromatic carbocycles. The van der Waals surface area contributed by atoms with Crippen LogP contribution in [0.25, 0.3) is 0 Å². The second kappa shape index (κ2) is 12.6. The molecule has 2 unspecified atom stereocenters. The van der Waals surface area contributed by atoms with Crippen LogP contribution in [-0.2, 0) is 0 Å². The Bertz CT molecular complexity index is 767. The van der Waals surface area contributed by atoms with Gasteiger partial charge in [-0.1, -0.05) is 12.8 Å². The number of aliphatic hydroxyl groups excluding tert-OH is 2. The molecule has 0 aromatic heterocycles. The number of rotatable bonds is 13. The van der Waals surface area contributed by atoms with Crippen LogP contribution in [0.15, 0.2) is 48.5 Å². The average Bonchev–Trinajstić information content (AvgIpc) is 2.73. The molecule has 190 valence electrons. The van der Waals surface area contributed by atoms with Gasteiger partial charge in [0.05, 0.1) is 12.2 Å². The lowest BCUT2D eigenvalue weighted by Crippen LogP contribution is -2.19. The number of hydrogen-bond acceptors (Lipinski definition) is 6. The van der Waals surface area contributed by atoms with E-state index in [1.54, 1.807) is 0 Å². The predicted molar refractivity (Wildman–Crippen MR) is 108 cm³/mol. The maximum atomic E-state index is 12.1. The van der Waals surface area contributed by atoms with Gasteiger partial charge in [0.25, 0.3) is 0 Å². The van der Waals surface area contributed by atoms with Crippen LogP contribution in [0.5, 0.6) is 23.0 Å². The Kier molecular flexibility index (Phi) is 10.1. The average molecular weight is 498 g/mol. The SMILES string of the molecule is OC(CCCCC(O)COc1ccc(OC(F)(F)F)cc1)COc1ccc(OC(F)(F)F)cc1. The van der Waals surface area contributed by atoms with Gasteiger partial charge < -0.3 is 29.2 Å².